The number of nitro groups is 1. The number of nitrogens with one attached hydrogen (secondary N) is 1. The minimum Gasteiger partial charge on any atom is -0.349 e. The van der Waals surface area contributed by atoms with Crippen LogP contribution in [-0.2, 0) is 21.2 Å². The number of fused-ring (bicyclic) bond motifs is 1. The van der Waals surface area contributed by atoms with Gasteiger partial charge in [0.1, 0.15) is 0 Å². The van der Waals surface area contributed by atoms with E-state index in [1.54, 1.807) is 0 Å². The summed E-state index contributed by atoms with van der Waals surface area (Å²) in [6, 6.07) is 13.5. The number of nitrogens with zero attached hydrogens (tertiary/aromatic N) is 2. The predicted molar refractivity (Wildman–Crippen MR) is 115 cm³/mol. The summed E-state index contributed by atoms with van der Waals surface area (Å²) < 4.78 is 25.5. The number of benzene rings is 2. The number of carbonyl (C=O) groups is 1. The van der Waals surface area contributed by atoms with Crippen LogP contribution in [0.2, 0.25) is 0 Å². The molecule has 0 saturated carbocycles. The third-order valence-corrected chi connectivity index (χ3v) is 6.39. The van der Waals surface area contributed by atoms with Crippen molar-refractivity contribution in [1.82, 2.24) is 5.32 Å². The molecular weight excluding hydrogens is 406 g/mol. The zero-order valence-electron chi connectivity index (χ0n) is 16.8. The van der Waals surface area contributed by atoms with Crippen molar-refractivity contribution in [3.8, 4) is 0 Å². The lowest BCUT2D eigenvalue weighted by Gasteiger charge is -2.26. The van der Waals surface area contributed by atoms with Crippen LogP contribution in [-0.4, -0.2) is 32.0 Å². The van der Waals surface area contributed by atoms with Crippen molar-refractivity contribution < 1.29 is 18.1 Å². The molecule has 9 heteroatoms. The van der Waals surface area contributed by atoms with Crippen LogP contribution in [0.5, 0.6) is 0 Å². The van der Waals surface area contributed by atoms with E-state index in [9.17, 15) is 23.3 Å². The van der Waals surface area contributed by atoms with Crippen LogP contribution in [0.1, 0.15) is 42.9 Å². The lowest BCUT2D eigenvalue weighted by Crippen LogP contribution is -2.33. The van der Waals surface area contributed by atoms with Gasteiger partial charge in [0.2, 0.25) is 15.9 Å². The first kappa shape index (κ1) is 21.8. The Balaban J connectivity index is 1.61. The number of carbonyl (C=O) groups excluding carboxylic acids is 1. The van der Waals surface area contributed by atoms with Crippen LogP contribution in [0, 0.1) is 10.1 Å². The van der Waals surface area contributed by atoms with E-state index < -0.39 is 14.9 Å². The lowest BCUT2D eigenvalue weighted by molar-refractivity contribution is -0.384. The molecule has 1 amide bonds. The fraction of sp³-hybridized carbons (Fsp3) is 0.381. The molecule has 0 aliphatic heterocycles. The molecule has 0 heterocycles. The smallest absolute Gasteiger partial charge is 0.271 e. The molecule has 2 aromatic carbocycles. The maximum Gasteiger partial charge on any atom is 0.271 e. The van der Waals surface area contributed by atoms with Crippen molar-refractivity contribution in [2.75, 3.05) is 17.1 Å². The third-order valence-electron chi connectivity index (χ3n) is 5.20. The molecule has 30 heavy (non-hydrogen) atoms. The maximum absolute atomic E-state index is 12.5. The molecule has 0 aromatic heterocycles. The quantitative estimate of drug-likeness (QED) is 0.509. The van der Waals surface area contributed by atoms with Gasteiger partial charge in [0.05, 0.1) is 22.9 Å². The number of non-ortho nitro benzene ring substituents is 1. The van der Waals surface area contributed by atoms with Crippen LogP contribution in [0.25, 0.3) is 0 Å². The van der Waals surface area contributed by atoms with E-state index in [4.69, 9.17) is 0 Å². The molecule has 1 atom stereocenters. The average molecular weight is 432 g/mol. The lowest BCUT2D eigenvalue weighted by atomic mass is 9.87. The highest BCUT2D eigenvalue weighted by Gasteiger charge is 2.23. The second-order valence-electron chi connectivity index (χ2n) is 7.43. The number of rotatable bonds is 8. The van der Waals surface area contributed by atoms with Gasteiger partial charge in [0.15, 0.2) is 0 Å². The zero-order valence-corrected chi connectivity index (χ0v) is 17.6. The van der Waals surface area contributed by atoms with Crippen LogP contribution in [0.3, 0.4) is 0 Å². The number of aryl methyl sites for hydroxylation is 1. The highest BCUT2D eigenvalue weighted by atomic mass is 32.2. The summed E-state index contributed by atoms with van der Waals surface area (Å²) in [5, 5.41) is 14.0. The number of hydrogen-bond acceptors (Lipinski definition) is 5. The summed E-state index contributed by atoms with van der Waals surface area (Å²) >= 11 is 0. The van der Waals surface area contributed by atoms with Crippen LogP contribution in [0.4, 0.5) is 11.4 Å². The number of sulfonamides is 1. The minimum absolute atomic E-state index is 0.0229. The van der Waals surface area contributed by atoms with E-state index in [0.29, 0.717) is 6.42 Å². The molecular formula is C21H25N3O5S. The molecule has 1 aliphatic rings. The van der Waals surface area contributed by atoms with Crippen molar-refractivity contribution in [2.24, 2.45) is 0 Å². The molecule has 0 spiro atoms. The van der Waals surface area contributed by atoms with E-state index in [0.717, 1.165) is 35.4 Å². The van der Waals surface area contributed by atoms with Gasteiger partial charge in [-0.3, -0.25) is 19.2 Å². The Kier molecular flexibility index (Phi) is 6.71. The highest BCUT2D eigenvalue weighted by molar-refractivity contribution is 7.92. The second kappa shape index (κ2) is 9.25. The van der Waals surface area contributed by atoms with Crippen LogP contribution >= 0.6 is 0 Å². The largest absolute Gasteiger partial charge is 0.349 e. The Bertz CT molecular complexity index is 1040. The van der Waals surface area contributed by atoms with Gasteiger partial charge in [-0.25, -0.2) is 8.42 Å². The molecule has 8 nitrogen and oxygen atoms in total. The Morgan fingerprint density at radius 3 is 2.73 bits per heavy atom. The number of hydrogen-bond donors (Lipinski definition) is 1. The maximum atomic E-state index is 12.5. The standard InChI is InChI=1S/C21H25N3O5S/c1-30(28,29)23(17-9-5-10-18(15-17)24(26)27)14-6-13-21(25)22-20-12-4-8-16-7-2-3-11-19(16)20/h2-3,5,7,9-11,15,20H,4,6,8,12-14H2,1H3,(H,22,25)/t20-/m1/s1. The van der Waals surface area contributed by atoms with Gasteiger partial charge in [0, 0.05) is 25.1 Å². The fourth-order valence-corrected chi connectivity index (χ4v) is 4.76. The monoisotopic (exact) mass is 431 g/mol. The van der Waals surface area contributed by atoms with E-state index in [1.165, 1.54) is 29.8 Å². The van der Waals surface area contributed by atoms with Crippen molar-refractivity contribution in [1.29, 1.82) is 0 Å². The van der Waals surface area contributed by atoms with Crippen molar-refractivity contribution >= 4 is 27.3 Å². The molecule has 160 valence electrons. The van der Waals surface area contributed by atoms with Gasteiger partial charge >= 0.3 is 0 Å². The van der Waals surface area contributed by atoms with E-state index in [2.05, 4.69) is 11.4 Å². The summed E-state index contributed by atoms with van der Waals surface area (Å²) in [7, 11) is -3.65. The fourth-order valence-electron chi connectivity index (χ4n) is 3.80. The average Bonchev–Trinajstić information content (AvgIpc) is 2.70. The first-order valence-electron chi connectivity index (χ1n) is 9.85. The minimum atomic E-state index is -3.65. The molecule has 1 N–H and O–H groups in total. The first-order chi connectivity index (χ1) is 14.3. The third kappa shape index (κ3) is 5.35. The van der Waals surface area contributed by atoms with Crippen molar-refractivity contribution in [3.63, 3.8) is 0 Å². The molecule has 0 fully saturated rings. The Labute approximate surface area is 176 Å². The van der Waals surface area contributed by atoms with E-state index in [-0.39, 0.29) is 36.3 Å². The highest BCUT2D eigenvalue weighted by Crippen LogP contribution is 2.29. The molecule has 3 rings (SSSR count). The predicted octanol–water partition coefficient (Wildman–Crippen LogP) is 3.33. The van der Waals surface area contributed by atoms with Crippen LogP contribution < -0.4 is 9.62 Å². The Hall–Kier alpha value is -2.94. The molecule has 0 bridgehead atoms. The van der Waals surface area contributed by atoms with Crippen LogP contribution in [0.15, 0.2) is 48.5 Å². The molecule has 2 aromatic rings. The van der Waals surface area contributed by atoms with E-state index >= 15 is 0 Å². The van der Waals surface area contributed by atoms with Crippen molar-refractivity contribution in [2.45, 2.75) is 38.1 Å². The number of nitro benzene ring substituents is 1. The normalized spacial score (nSPS) is 15.8. The van der Waals surface area contributed by atoms with Gasteiger partial charge in [-0.1, -0.05) is 30.3 Å². The van der Waals surface area contributed by atoms with Gasteiger partial charge < -0.3 is 5.32 Å². The first-order valence-corrected chi connectivity index (χ1v) is 11.7. The Morgan fingerprint density at radius 2 is 2.00 bits per heavy atom. The molecule has 0 saturated heterocycles. The van der Waals surface area contributed by atoms with Gasteiger partial charge in [0.25, 0.3) is 5.69 Å². The Morgan fingerprint density at radius 1 is 1.23 bits per heavy atom. The van der Waals surface area contributed by atoms with Gasteiger partial charge in [-0.2, -0.15) is 0 Å². The summed E-state index contributed by atoms with van der Waals surface area (Å²) in [5.74, 6) is -0.135. The zero-order chi connectivity index (χ0) is 21.7. The van der Waals surface area contributed by atoms with Gasteiger partial charge in [-0.05, 0) is 42.9 Å². The molecule has 0 unspecified atom stereocenters. The number of amides is 1. The molecule has 0 radical (unpaired) electrons. The second-order valence-corrected chi connectivity index (χ2v) is 9.33. The molecule has 1 aliphatic carbocycles. The van der Waals surface area contributed by atoms with Crippen molar-refractivity contribution in [3.05, 3.63) is 69.8 Å². The topological polar surface area (TPSA) is 110 Å². The summed E-state index contributed by atoms with van der Waals surface area (Å²) in [6.07, 6.45) is 4.41. The number of anilines is 1. The SMILES string of the molecule is CS(=O)(=O)N(CCCC(=O)N[C@@H]1CCCc2ccccc21)c1cccc([N+](=O)[O-])c1. The summed E-state index contributed by atoms with van der Waals surface area (Å²) in [5.41, 5.74) is 2.43. The van der Waals surface area contributed by atoms with E-state index in [1.807, 2.05) is 18.2 Å². The summed E-state index contributed by atoms with van der Waals surface area (Å²) in [4.78, 5) is 22.9. The summed E-state index contributed by atoms with van der Waals surface area (Å²) in [6.45, 7) is 0.0642. The van der Waals surface area contributed by atoms with Gasteiger partial charge in [-0.15, -0.1) is 0 Å².